The lowest BCUT2D eigenvalue weighted by molar-refractivity contribution is -0.135. The fraction of sp³-hybridized carbons (Fsp3) is 0.375. The van der Waals surface area contributed by atoms with Crippen LogP contribution in [0.1, 0.15) is 36.3 Å². The number of nitrogens with zero attached hydrogens (tertiary/aromatic N) is 2. The molecule has 4 rings (SSSR count). The Hall–Kier alpha value is -3.15. The van der Waals surface area contributed by atoms with Crippen molar-refractivity contribution >= 4 is 11.8 Å². The Morgan fingerprint density at radius 2 is 1.80 bits per heavy atom. The number of carbonyl (C=O) groups is 1. The smallest absolute Gasteiger partial charge is 0.261 e. The number of amides is 1. The minimum atomic E-state index is -0.120. The molecule has 1 saturated heterocycles. The molecule has 0 aliphatic carbocycles. The SMILES string of the molecule is Cc1ccccc1OCC(=O)N(Cc1ccco1)Cc1ccc(N2CCCCC2)o1. The molecule has 0 spiro atoms. The first-order chi connectivity index (χ1) is 14.7. The van der Waals surface area contributed by atoms with Gasteiger partial charge < -0.3 is 23.4 Å². The molecule has 1 aliphatic rings. The van der Waals surface area contributed by atoms with Gasteiger partial charge in [-0.1, -0.05) is 18.2 Å². The van der Waals surface area contributed by atoms with Crippen molar-refractivity contribution in [1.29, 1.82) is 0 Å². The average Bonchev–Trinajstić information content (AvgIpc) is 3.45. The Bertz CT molecular complexity index is 942. The molecule has 0 unspecified atom stereocenters. The zero-order valence-electron chi connectivity index (χ0n) is 17.4. The minimum absolute atomic E-state index is 0.0365. The molecule has 0 atom stereocenters. The molecule has 3 heterocycles. The number of benzene rings is 1. The summed E-state index contributed by atoms with van der Waals surface area (Å²) >= 11 is 0. The summed E-state index contributed by atoms with van der Waals surface area (Å²) in [5, 5.41) is 0. The fourth-order valence-corrected chi connectivity index (χ4v) is 3.70. The number of furan rings is 2. The van der Waals surface area contributed by atoms with Gasteiger partial charge in [-0.2, -0.15) is 0 Å². The molecule has 0 saturated carbocycles. The first-order valence-corrected chi connectivity index (χ1v) is 10.5. The van der Waals surface area contributed by atoms with Crippen molar-refractivity contribution in [2.75, 3.05) is 24.6 Å². The van der Waals surface area contributed by atoms with Gasteiger partial charge in [0, 0.05) is 19.2 Å². The van der Waals surface area contributed by atoms with Gasteiger partial charge in [0.05, 0.1) is 19.4 Å². The summed E-state index contributed by atoms with van der Waals surface area (Å²) in [5.74, 6) is 2.96. The minimum Gasteiger partial charge on any atom is -0.484 e. The van der Waals surface area contributed by atoms with Gasteiger partial charge in [-0.3, -0.25) is 4.79 Å². The number of piperidine rings is 1. The molecule has 0 radical (unpaired) electrons. The molecular weight excluding hydrogens is 380 g/mol. The van der Waals surface area contributed by atoms with Crippen LogP contribution in [0, 0.1) is 6.92 Å². The van der Waals surface area contributed by atoms with E-state index in [-0.39, 0.29) is 12.5 Å². The summed E-state index contributed by atoms with van der Waals surface area (Å²) in [7, 11) is 0. The standard InChI is InChI=1S/C24H28N2O4/c1-19-8-3-4-10-22(19)29-18-23(27)26(16-20-9-7-15-28-20)17-21-11-12-24(30-21)25-13-5-2-6-14-25/h3-4,7-12,15H,2,5-6,13-14,16-18H2,1H3. The largest absolute Gasteiger partial charge is 0.484 e. The second-order valence-electron chi connectivity index (χ2n) is 7.67. The molecule has 3 aromatic rings. The van der Waals surface area contributed by atoms with Crippen LogP contribution >= 0.6 is 0 Å². The van der Waals surface area contributed by atoms with Gasteiger partial charge in [0.15, 0.2) is 12.5 Å². The van der Waals surface area contributed by atoms with Crippen LogP contribution in [0.5, 0.6) is 5.75 Å². The molecule has 1 aliphatic heterocycles. The van der Waals surface area contributed by atoms with Crippen LogP contribution in [0.25, 0.3) is 0 Å². The number of ether oxygens (including phenoxy) is 1. The van der Waals surface area contributed by atoms with Crippen molar-refractivity contribution in [3.63, 3.8) is 0 Å². The number of hydrogen-bond donors (Lipinski definition) is 0. The third-order valence-corrected chi connectivity index (χ3v) is 5.39. The van der Waals surface area contributed by atoms with Crippen molar-refractivity contribution in [1.82, 2.24) is 4.90 Å². The number of para-hydroxylation sites is 1. The Balaban J connectivity index is 1.43. The number of anilines is 1. The van der Waals surface area contributed by atoms with Crippen molar-refractivity contribution in [3.05, 3.63) is 71.9 Å². The van der Waals surface area contributed by atoms with E-state index in [9.17, 15) is 4.79 Å². The van der Waals surface area contributed by atoms with Crippen LogP contribution < -0.4 is 9.64 Å². The van der Waals surface area contributed by atoms with Gasteiger partial charge in [-0.15, -0.1) is 0 Å². The lowest BCUT2D eigenvalue weighted by atomic mass is 10.1. The number of rotatable bonds is 8. The second-order valence-corrected chi connectivity index (χ2v) is 7.67. The summed E-state index contributed by atoms with van der Waals surface area (Å²) in [5.41, 5.74) is 1.00. The molecule has 6 nitrogen and oxygen atoms in total. The summed E-state index contributed by atoms with van der Waals surface area (Å²) in [6, 6.07) is 15.3. The van der Waals surface area contributed by atoms with Crippen LogP contribution in [0.4, 0.5) is 5.88 Å². The van der Waals surface area contributed by atoms with Crippen LogP contribution in [0.15, 0.2) is 63.6 Å². The maximum atomic E-state index is 13.0. The van der Waals surface area contributed by atoms with Crippen LogP contribution in [0.2, 0.25) is 0 Å². The van der Waals surface area contributed by atoms with E-state index in [0.717, 1.165) is 36.1 Å². The highest BCUT2D eigenvalue weighted by atomic mass is 16.5. The average molecular weight is 408 g/mol. The Morgan fingerprint density at radius 1 is 1.00 bits per heavy atom. The van der Waals surface area contributed by atoms with E-state index >= 15 is 0 Å². The molecule has 0 N–H and O–H groups in total. The van der Waals surface area contributed by atoms with Crippen molar-refractivity contribution < 1.29 is 18.4 Å². The lowest BCUT2D eigenvalue weighted by Gasteiger charge is -2.26. The second kappa shape index (κ2) is 9.57. The highest BCUT2D eigenvalue weighted by Gasteiger charge is 2.20. The molecule has 0 bridgehead atoms. The van der Waals surface area contributed by atoms with E-state index in [1.807, 2.05) is 55.5 Å². The predicted octanol–water partition coefficient (Wildman–Crippen LogP) is 4.78. The summed E-state index contributed by atoms with van der Waals surface area (Å²) in [6.07, 6.45) is 5.27. The van der Waals surface area contributed by atoms with Crippen molar-refractivity contribution in [2.45, 2.75) is 39.3 Å². The molecule has 158 valence electrons. The van der Waals surface area contributed by atoms with Crippen LogP contribution in [-0.4, -0.2) is 30.5 Å². The van der Waals surface area contributed by atoms with Crippen LogP contribution in [0.3, 0.4) is 0 Å². The molecule has 1 amide bonds. The van der Waals surface area contributed by atoms with Gasteiger partial charge in [-0.25, -0.2) is 0 Å². The maximum Gasteiger partial charge on any atom is 0.261 e. The van der Waals surface area contributed by atoms with E-state index in [4.69, 9.17) is 13.6 Å². The Kier molecular flexibility index (Phi) is 6.42. The van der Waals surface area contributed by atoms with E-state index in [2.05, 4.69) is 4.90 Å². The normalized spacial score (nSPS) is 14.0. The van der Waals surface area contributed by atoms with Gasteiger partial charge in [0.25, 0.3) is 5.91 Å². The fourth-order valence-electron chi connectivity index (χ4n) is 3.70. The van der Waals surface area contributed by atoms with Gasteiger partial charge in [0.2, 0.25) is 0 Å². The third-order valence-electron chi connectivity index (χ3n) is 5.39. The first kappa shape index (κ1) is 20.1. The summed E-state index contributed by atoms with van der Waals surface area (Å²) < 4.78 is 17.3. The van der Waals surface area contributed by atoms with Gasteiger partial charge in [-0.05, 0) is 56.0 Å². The molecule has 1 fully saturated rings. The zero-order valence-corrected chi connectivity index (χ0v) is 17.4. The first-order valence-electron chi connectivity index (χ1n) is 10.5. The zero-order chi connectivity index (χ0) is 20.8. The highest BCUT2D eigenvalue weighted by molar-refractivity contribution is 5.77. The van der Waals surface area contributed by atoms with E-state index in [1.165, 1.54) is 19.3 Å². The Labute approximate surface area is 177 Å². The third kappa shape index (κ3) is 5.06. The van der Waals surface area contributed by atoms with Gasteiger partial charge in [0.1, 0.15) is 17.3 Å². The summed E-state index contributed by atoms with van der Waals surface area (Å²) in [6.45, 7) is 4.70. The number of aryl methyl sites for hydroxylation is 1. The van der Waals surface area contributed by atoms with E-state index in [1.54, 1.807) is 11.2 Å². The van der Waals surface area contributed by atoms with Crippen LogP contribution in [-0.2, 0) is 17.9 Å². The van der Waals surface area contributed by atoms with E-state index in [0.29, 0.717) is 18.8 Å². The quantitative estimate of drug-likeness (QED) is 0.537. The molecule has 1 aromatic carbocycles. The van der Waals surface area contributed by atoms with Crippen molar-refractivity contribution in [3.8, 4) is 5.75 Å². The topological polar surface area (TPSA) is 59.1 Å². The van der Waals surface area contributed by atoms with Gasteiger partial charge >= 0.3 is 0 Å². The lowest BCUT2D eigenvalue weighted by Crippen LogP contribution is -2.34. The number of carbonyl (C=O) groups excluding carboxylic acids is 1. The molecular formula is C24H28N2O4. The van der Waals surface area contributed by atoms with E-state index < -0.39 is 0 Å². The molecule has 6 heteroatoms. The Morgan fingerprint density at radius 3 is 2.57 bits per heavy atom. The van der Waals surface area contributed by atoms with Crippen molar-refractivity contribution in [2.24, 2.45) is 0 Å². The maximum absolute atomic E-state index is 13.0. The highest BCUT2D eigenvalue weighted by Crippen LogP contribution is 2.24. The number of hydrogen-bond acceptors (Lipinski definition) is 5. The molecule has 2 aromatic heterocycles. The predicted molar refractivity (Wildman–Crippen MR) is 114 cm³/mol. The monoisotopic (exact) mass is 408 g/mol. The summed E-state index contributed by atoms with van der Waals surface area (Å²) in [4.78, 5) is 16.9. The molecule has 30 heavy (non-hydrogen) atoms.